The Labute approximate surface area is 78.9 Å². The highest BCUT2D eigenvalue weighted by Gasteiger charge is 2.53. The second-order valence-corrected chi connectivity index (χ2v) is 4.86. The molecule has 0 nitrogen and oxygen atoms in total. The van der Waals surface area contributed by atoms with Crippen molar-refractivity contribution in [2.45, 2.75) is 29.0 Å². The first-order chi connectivity index (χ1) is 6.02. The van der Waals surface area contributed by atoms with Crippen LogP contribution in [0, 0.1) is 0 Å². The summed E-state index contributed by atoms with van der Waals surface area (Å²) in [4.78, 5) is 0. The van der Waals surface area contributed by atoms with Gasteiger partial charge in [0.1, 0.15) is 0 Å². The molecule has 1 fully saturated rings. The highest BCUT2D eigenvalue weighted by atomic mass is 32.2. The molecule has 0 aromatic heterocycles. The van der Waals surface area contributed by atoms with E-state index in [9.17, 15) is 13.2 Å². The van der Waals surface area contributed by atoms with E-state index in [0.717, 1.165) is 0 Å². The molecule has 1 aliphatic heterocycles. The molecule has 2 unspecified atom stereocenters. The third-order valence-corrected chi connectivity index (χ3v) is 3.96. The molecule has 0 bridgehead atoms. The van der Waals surface area contributed by atoms with E-state index in [-0.39, 0.29) is 11.2 Å². The van der Waals surface area contributed by atoms with Gasteiger partial charge in [0.05, 0.1) is 4.75 Å². The molecule has 0 amide bonds. The van der Waals surface area contributed by atoms with E-state index < -0.39 is 12.6 Å². The van der Waals surface area contributed by atoms with Crippen LogP contribution in [-0.2, 0) is 0 Å². The molecule has 0 radical (unpaired) electrons. The van der Waals surface area contributed by atoms with Crippen molar-refractivity contribution in [3.63, 3.8) is 0 Å². The van der Waals surface area contributed by atoms with E-state index >= 15 is 0 Å². The number of alkyl halides is 3. The summed E-state index contributed by atoms with van der Waals surface area (Å²) >= 11 is 1.61. The van der Waals surface area contributed by atoms with Crippen molar-refractivity contribution in [1.82, 2.24) is 0 Å². The van der Waals surface area contributed by atoms with Gasteiger partial charge in [0.2, 0.25) is 0 Å². The van der Waals surface area contributed by atoms with Gasteiger partial charge in [-0.05, 0) is 6.42 Å². The van der Waals surface area contributed by atoms with Gasteiger partial charge in [-0.25, -0.2) is 0 Å². The monoisotopic (exact) mass is 206 g/mol. The standard InChI is InChI=1S/C9H9F3S/c10-9(11,12)6-5-8-4-2-1-3-7(8)13-8/h1-4,7H,5-6H2. The van der Waals surface area contributed by atoms with Crippen LogP contribution in [0.15, 0.2) is 24.3 Å². The zero-order valence-electron chi connectivity index (χ0n) is 6.84. The molecule has 1 aliphatic carbocycles. The van der Waals surface area contributed by atoms with E-state index in [1.165, 1.54) is 0 Å². The smallest absolute Gasteiger partial charge is 0.171 e. The highest BCUT2D eigenvalue weighted by molar-refractivity contribution is 8.09. The van der Waals surface area contributed by atoms with E-state index in [1.807, 2.05) is 24.3 Å². The van der Waals surface area contributed by atoms with Crippen LogP contribution in [0.5, 0.6) is 0 Å². The SMILES string of the molecule is FC(F)(F)CCC12C=CC=CC1S2. The highest BCUT2D eigenvalue weighted by Crippen LogP contribution is 2.60. The Morgan fingerprint density at radius 1 is 1.31 bits per heavy atom. The minimum atomic E-state index is -4.02. The molecular formula is C9H9F3S. The molecule has 13 heavy (non-hydrogen) atoms. The molecule has 1 saturated heterocycles. The molecule has 72 valence electrons. The predicted octanol–water partition coefficient (Wildman–Crippen LogP) is 3.31. The number of allylic oxidation sites excluding steroid dienone is 2. The van der Waals surface area contributed by atoms with Crippen LogP contribution in [0.4, 0.5) is 13.2 Å². The third kappa shape index (κ3) is 1.93. The Balaban J connectivity index is 1.91. The summed E-state index contributed by atoms with van der Waals surface area (Å²) in [6.45, 7) is 0. The van der Waals surface area contributed by atoms with Gasteiger partial charge in [0.25, 0.3) is 0 Å². The lowest BCUT2D eigenvalue weighted by atomic mass is 9.96. The van der Waals surface area contributed by atoms with Gasteiger partial charge < -0.3 is 0 Å². The topological polar surface area (TPSA) is 0 Å². The number of fused-ring (bicyclic) bond motifs is 1. The largest absolute Gasteiger partial charge is 0.389 e. The fourth-order valence-corrected chi connectivity index (χ4v) is 2.77. The van der Waals surface area contributed by atoms with Crippen molar-refractivity contribution in [2.24, 2.45) is 0 Å². The van der Waals surface area contributed by atoms with Crippen LogP contribution in [0.3, 0.4) is 0 Å². The molecular weight excluding hydrogens is 197 g/mol. The average molecular weight is 206 g/mol. The van der Waals surface area contributed by atoms with E-state index in [0.29, 0.717) is 5.25 Å². The second kappa shape index (κ2) is 2.80. The van der Waals surface area contributed by atoms with Crippen molar-refractivity contribution in [3.8, 4) is 0 Å². The molecule has 4 heteroatoms. The zero-order valence-corrected chi connectivity index (χ0v) is 7.66. The van der Waals surface area contributed by atoms with Crippen LogP contribution >= 0.6 is 11.8 Å². The fourth-order valence-electron chi connectivity index (χ4n) is 1.54. The lowest BCUT2D eigenvalue weighted by Crippen LogP contribution is -2.17. The third-order valence-electron chi connectivity index (χ3n) is 2.35. The summed E-state index contributed by atoms with van der Waals surface area (Å²) in [7, 11) is 0. The van der Waals surface area contributed by atoms with Crippen LogP contribution in [0.1, 0.15) is 12.8 Å². The zero-order chi connectivity index (χ0) is 9.53. The quantitative estimate of drug-likeness (QED) is 0.624. The predicted molar refractivity (Wildman–Crippen MR) is 47.7 cm³/mol. The summed E-state index contributed by atoms with van der Waals surface area (Å²) in [6, 6.07) is 0. The molecule has 2 aliphatic rings. The number of hydrogen-bond acceptors (Lipinski definition) is 1. The first-order valence-corrected chi connectivity index (χ1v) is 5.00. The number of halogens is 3. The van der Waals surface area contributed by atoms with Gasteiger partial charge in [-0.15, -0.1) is 11.8 Å². The van der Waals surface area contributed by atoms with Crippen molar-refractivity contribution in [3.05, 3.63) is 24.3 Å². The molecule has 2 rings (SSSR count). The minimum Gasteiger partial charge on any atom is -0.171 e. The second-order valence-electron chi connectivity index (χ2n) is 3.35. The van der Waals surface area contributed by atoms with Crippen molar-refractivity contribution < 1.29 is 13.2 Å². The molecule has 1 heterocycles. The van der Waals surface area contributed by atoms with Crippen molar-refractivity contribution in [2.75, 3.05) is 0 Å². The van der Waals surface area contributed by atoms with Crippen LogP contribution in [0.2, 0.25) is 0 Å². The number of thioether (sulfide) groups is 1. The summed E-state index contributed by atoms with van der Waals surface area (Å²) < 4.78 is 35.6. The Morgan fingerprint density at radius 2 is 2.08 bits per heavy atom. The van der Waals surface area contributed by atoms with Gasteiger partial charge in [-0.2, -0.15) is 13.2 Å². The average Bonchev–Trinajstić information content (AvgIpc) is 2.74. The number of hydrogen-bond donors (Lipinski definition) is 0. The first kappa shape index (κ1) is 9.19. The van der Waals surface area contributed by atoms with E-state index in [1.54, 1.807) is 11.8 Å². The summed E-state index contributed by atoms with van der Waals surface area (Å²) in [5.74, 6) is 0. The number of rotatable bonds is 2. The van der Waals surface area contributed by atoms with Gasteiger partial charge in [-0.3, -0.25) is 0 Å². The Bertz CT molecular complexity index is 267. The van der Waals surface area contributed by atoms with Gasteiger partial charge in [0.15, 0.2) is 0 Å². The molecule has 0 N–H and O–H groups in total. The Hall–Kier alpha value is -0.380. The van der Waals surface area contributed by atoms with E-state index in [2.05, 4.69) is 0 Å². The van der Waals surface area contributed by atoms with Crippen molar-refractivity contribution in [1.29, 1.82) is 0 Å². The molecule has 0 aromatic carbocycles. The normalized spacial score (nSPS) is 36.1. The van der Waals surface area contributed by atoms with Crippen LogP contribution in [0.25, 0.3) is 0 Å². The van der Waals surface area contributed by atoms with Crippen LogP contribution < -0.4 is 0 Å². The lowest BCUT2D eigenvalue weighted by molar-refractivity contribution is -0.135. The molecule has 2 atom stereocenters. The van der Waals surface area contributed by atoms with E-state index in [4.69, 9.17) is 0 Å². The van der Waals surface area contributed by atoms with Crippen molar-refractivity contribution >= 4 is 11.8 Å². The maximum atomic E-state index is 11.9. The summed E-state index contributed by atoms with van der Waals surface area (Å²) in [5, 5.41) is 0.292. The minimum absolute atomic E-state index is 0.215. The van der Waals surface area contributed by atoms with Gasteiger partial charge in [0, 0.05) is 11.7 Å². The lowest BCUT2D eigenvalue weighted by Gasteiger charge is -2.12. The fraction of sp³-hybridized carbons (Fsp3) is 0.556. The Kier molecular flexibility index (Phi) is 1.98. The molecule has 0 spiro atoms. The van der Waals surface area contributed by atoms with Gasteiger partial charge >= 0.3 is 6.18 Å². The summed E-state index contributed by atoms with van der Waals surface area (Å²) in [6.07, 6.45) is 3.14. The maximum Gasteiger partial charge on any atom is 0.389 e. The molecule has 0 saturated carbocycles. The summed E-state index contributed by atoms with van der Waals surface area (Å²) in [5.41, 5.74) is 0. The Morgan fingerprint density at radius 3 is 2.69 bits per heavy atom. The maximum absolute atomic E-state index is 11.9. The van der Waals surface area contributed by atoms with Gasteiger partial charge in [-0.1, -0.05) is 24.3 Å². The first-order valence-electron chi connectivity index (χ1n) is 4.12. The van der Waals surface area contributed by atoms with Crippen LogP contribution in [-0.4, -0.2) is 16.2 Å². The molecule has 0 aromatic rings.